The lowest BCUT2D eigenvalue weighted by Gasteiger charge is -2.27. The van der Waals surface area contributed by atoms with Crippen molar-refractivity contribution in [2.45, 2.75) is 19.4 Å². The molecule has 8 heteroatoms. The lowest BCUT2D eigenvalue weighted by Crippen LogP contribution is -2.31. The summed E-state index contributed by atoms with van der Waals surface area (Å²) in [5.41, 5.74) is 7.76. The molecule has 0 fully saturated rings. The fourth-order valence-corrected chi connectivity index (χ4v) is 3.53. The number of carbonyl (C=O) groups is 1. The Balaban J connectivity index is 2.27. The van der Waals surface area contributed by atoms with Crippen LogP contribution < -0.4 is 11.1 Å². The third kappa shape index (κ3) is 3.62. The van der Waals surface area contributed by atoms with Crippen LogP contribution in [-0.4, -0.2) is 16.0 Å². The summed E-state index contributed by atoms with van der Waals surface area (Å²) in [6, 6.07) is 13.5. The van der Waals surface area contributed by atoms with E-state index < -0.39 is 16.8 Å². The van der Waals surface area contributed by atoms with Crippen molar-refractivity contribution >= 4 is 23.3 Å². The molecular weight excluding hydrogens is 382 g/mol. The Bertz CT molecular complexity index is 1010. The standard InChI is InChI=1S/C20H18ClN3O4/c1-11-16(20(25)26)17(14-3-2-4-15(21)9-14)19(24(27)28)18(23-11)13-7-5-12(10-22)6-8-13/h2-9,17,23H,10,22H2,1H3,(H,25,26). The second-order valence-electron chi connectivity index (χ2n) is 6.38. The largest absolute Gasteiger partial charge is 0.478 e. The van der Waals surface area contributed by atoms with Crippen LogP contribution in [0, 0.1) is 10.1 Å². The van der Waals surface area contributed by atoms with Gasteiger partial charge >= 0.3 is 5.97 Å². The summed E-state index contributed by atoms with van der Waals surface area (Å²) in [4.78, 5) is 23.4. The fourth-order valence-electron chi connectivity index (χ4n) is 3.34. The summed E-state index contributed by atoms with van der Waals surface area (Å²) in [7, 11) is 0. The molecule has 0 bridgehead atoms. The number of hydrogen-bond acceptors (Lipinski definition) is 5. The SMILES string of the molecule is CC1=C(C(=O)O)C(c2cccc(Cl)c2)C([N+](=O)[O-])=C(c2ccc(CN)cc2)N1. The number of nitrogens with two attached hydrogens (primary N) is 1. The molecule has 4 N–H and O–H groups in total. The Labute approximate surface area is 166 Å². The first-order valence-electron chi connectivity index (χ1n) is 8.48. The summed E-state index contributed by atoms with van der Waals surface area (Å²) in [5.74, 6) is -2.30. The topological polar surface area (TPSA) is 118 Å². The molecule has 0 spiro atoms. The second kappa shape index (κ2) is 7.84. The van der Waals surface area contributed by atoms with Crippen LogP contribution in [-0.2, 0) is 11.3 Å². The van der Waals surface area contributed by atoms with Crippen molar-refractivity contribution in [1.82, 2.24) is 5.32 Å². The first-order chi connectivity index (χ1) is 13.3. The second-order valence-corrected chi connectivity index (χ2v) is 6.81. The highest BCUT2D eigenvalue weighted by molar-refractivity contribution is 6.30. The highest BCUT2D eigenvalue weighted by Gasteiger charge is 2.41. The van der Waals surface area contributed by atoms with E-state index in [9.17, 15) is 20.0 Å². The Kier molecular flexibility index (Phi) is 5.48. The zero-order chi connectivity index (χ0) is 20.4. The maximum absolute atomic E-state index is 12.0. The maximum atomic E-state index is 12.0. The molecule has 0 aliphatic carbocycles. The molecule has 28 heavy (non-hydrogen) atoms. The minimum atomic E-state index is -1.23. The number of nitrogens with one attached hydrogen (secondary N) is 1. The van der Waals surface area contributed by atoms with Gasteiger partial charge in [-0.25, -0.2) is 4.79 Å². The molecule has 7 nitrogen and oxygen atoms in total. The zero-order valence-electron chi connectivity index (χ0n) is 15.0. The van der Waals surface area contributed by atoms with E-state index in [-0.39, 0.29) is 17.0 Å². The van der Waals surface area contributed by atoms with Gasteiger partial charge in [0.2, 0.25) is 0 Å². The Hall–Kier alpha value is -3.16. The number of carboxylic acids is 1. The smallest absolute Gasteiger partial charge is 0.334 e. The van der Waals surface area contributed by atoms with Gasteiger partial charge in [-0.15, -0.1) is 0 Å². The maximum Gasteiger partial charge on any atom is 0.334 e. The van der Waals surface area contributed by atoms with Crippen molar-refractivity contribution in [2.24, 2.45) is 5.73 Å². The summed E-state index contributed by atoms with van der Waals surface area (Å²) in [6.45, 7) is 1.94. The summed E-state index contributed by atoms with van der Waals surface area (Å²) in [6.07, 6.45) is 0. The number of dihydropyridines is 1. The molecule has 1 atom stereocenters. The molecule has 144 valence electrons. The van der Waals surface area contributed by atoms with E-state index in [0.717, 1.165) is 5.56 Å². The molecule has 1 unspecified atom stereocenters. The molecule has 1 aliphatic rings. The number of nitro groups is 1. The molecule has 0 aromatic heterocycles. The van der Waals surface area contributed by atoms with Crippen LogP contribution in [0.15, 0.2) is 65.5 Å². The van der Waals surface area contributed by atoms with E-state index in [1.807, 2.05) is 0 Å². The lowest BCUT2D eigenvalue weighted by atomic mass is 9.83. The van der Waals surface area contributed by atoms with E-state index in [1.54, 1.807) is 55.5 Å². The van der Waals surface area contributed by atoms with Gasteiger partial charge in [0.05, 0.1) is 10.5 Å². The number of rotatable bonds is 5. The highest BCUT2D eigenvalue weighted by Crippen LogP contribution is 2.41. The van der Waals surface area contributed by atoms with Gasteiger partial charge in [-0.2, -0.15) is 0 Å². The third-order valence-corrected chi connectivity index (χ3v) is 4.86. The summed E-state index contributed by atoms with van der Waals surface area (Å²) >= 11 is 6.06. The van der Waals surface area contributed by atoms with Crippen molar-refractivity contribution in [2.75, 3.05) is 0 Å². The zero-order valence-corrected chi connectivity index (χ0v) is 15.7. The molecular formula is C20H18ClN3O4. The van der Waals surface area contributed by atoms with Crippen LogP contribution in [0.1, 0.15) is 29.5 Å². The van der Waals surface area contributed by atoms with Crippen molar-refractivity contribution in [3.05, 3.63) is 97.3 Å². The van der Waals surface area contributed by atoms with Gasteiger partial charge in [0.1, 0.15) is 11.6 Å². The molecule has 0 radical (unpaired) electrons. The molecule has 2 aromatic carbocycles. The number of allylic oxidation sites excluding steroid dienone is 2. The first kappa shape index (κ1) is 19.6. The molecule has 3 rings (SSSR count). The third-order valence-electron chi connectivity index (χ3n) is 4.62. The molecule has 0 saturated carbocycles. The van der Waals surface area contributed by atoms with Crippen molar-refractivity contribution < 1.29 is 14.8 Å². The van der Waals surface area contributed by atoms with Gasteiger partial charge in [0, 0.05) is 22.8 Å². The van der Waals surface area contributed by atoms with Gasteiger partial charge in [0.15, 0.2) is 0 Å². The Morgan fingerprint density at radius 3 is 2.50 bits per heavy atom. The number of halogens is 1. The van der Waals surface area contributed by atoms with Gasteiger partial charge in [0.25, 0.3) is 5.70 Å². The number of benzene rings is 2. The number of nitrogens with zero attached hydrogens (tertiary/aromatic N) is 1. The minimum absolute atomic E-state index is 0.0868. The summed E-state index contributed by atoms with van der Waals surface area (Å²) in [5, 5.41) is 25.1. The molecule has 0 amide bonds. The van der Waals surface area contributed by atoms with Crippen LogP contribution in [0.25, 0.3) is 5.70 Å². The molecule has 1 heterocycles. The predicted molar refractivity (Wildman–Crippen MR) is 106 cm³/mol. The summed E-state index contributed by atoms with van der Waals surface area (Å²) < 4.78 is 0. The van der Waals surface area contributed by atoms with E-state index >= 15 is 0 Å². The van der Waals surface area contributed by atoms with E-state index in [2.05, 4.69) is 5.32 Å². The lowest BCUT2D eigenvalue weighted by molar-refractivity contribution is -0.428. The fraction of sp³-hybridized carbons (Fsp3) is 0.150. The van der Waals surface area contributed by atoms with Crippen LogP contribution in [0.5, 0.6) is 0 Å². The number of carboxylic acid groups (broad SMARTS) is 1. The number of hydrogen-bond donors (Lipinski definition) is 3. The Morgan fingerprint density at radius 2 is 1.96 bits per heavy atom. The first-order valence-corrected chi connectivity index (χ1v) is 8.85. The van der Waals surface area contributed by atoms with Gasteiger partial charge in [-0.1, -0.05) is 48.0 Å². The molecule has 1 aliphatic heterocycles. The van der Waals surface area contributed by atoms with Gasteiger partial charge in [-0.05, 0) is 30.2 Å². The normalized spacial score (nSPS) is 16.8. The highest BCUT2D eigenvalue weighted by atomic mass is 35.5. The molecule has 0 saturated heterocycles. The van der Waals surface area contributed by atoms with E-state index in [0.29, 0.717) is 28.4 Å². The van der Waals surface area contributed by atoms with Crippen molar-refractivity contribution in [3.8, 4) is 0 Å². The average molecular weight is 400 g/mol. The van der Waals surface area contributed by atoms with Gasteiger partial charge in [-0.3, -0.25) is 10.1 Å². The van der Waals surface area contributed by atoms with E-state index in [1.165, 1.54) is 0 Å². The number of aliphatic carboxylic acids is 1. The molecule has 2 aromatic rings. The van der Waals surface area contributed by atoms with Crippen molar-refractivity contribution in [1.29, 1.82) is 0 Å². The monoisotopic (exact) mass is 399 g/mol. The minimum Gasteiger partial charge on any atom is -0.478 e. The van der Waals surface area contributed by atoms with E-state index in [4.69, 9.17) is 17.3 Å². The van der Waals surface area contributed by atoms with Gasteiger partial charge < -0.3 is 16.2 Å². The van der Waals surface area contributed by atoms with Crippen LogP contribution in [0.3, 0.4) is 0 Å². The Morgan fingerprint density at radius 1 is 1.29 bits per heavy atom. The van der Waals surface area contributed by atoms with Crippen LogP contribution in [0.2, 0.25) is 5.02 Å². The van der Waals surface area contributed by atoms with Crippen LogP contribution >= 0.6 is 11.6 Å². The average Bonchev–Trinajstić information content (AvgIpc) is 2.66. The van der Waals surface area contributed by atoms with Crippen molar-refractivity contribution in [3.63, 3.8) is 0 Å². The van der Waals surface area contributed by atoms with Crippen LogP contribution in [0.4, 0.5) is 0 Å². The predicted octanol–water partition coefficient (Wildman–Crippen LogP) is 3.49. The quantitative estimate of drug-likeness (QED) is 0.523.